The highest BCUT2D eigenvalue weighted by molar-refractivity contribution is 5.94. The summed E-state index contributed by atoms with van der Waals surface area (Å²) < 4.78 is 9.89. The van der Waals surface area contributed by atoms with Crippen LogP contribution in [0.5, 0.6) is 0 Å². The minimum Gasteiger partial charge on any atom is -0.462 e. The first-order valence-corrected chi connectivity index (χ1v) is 6.56. The average Bonchev–Trinajstić information content (AvgIpc) is 2.31. The summed E-state index contributed by atoms with van der Waals surface area (Å²) in [5.74, 6) is -0.955. The third-order valence-corrected chi connectivity index (χ3v) is 3.45. The molecule has 110 valence electrons. The fourth-order valence-corrected chi connectivity index (χ4v) is 1.50. The SMILES string of the molecule is CCC(C)(C(=O)OCCOC(=O)CC(C)=O)C(C)C. The lowest BCUT2D eigenvalue weighted by Crippen LogP contribution is -2.35. The second kappa shape index (κ2) is 7.92. The van der Waals surface area contributed by atoms with Gasteiger partial charge in [-0.25, -0.2) is 0 Å². The van der Waals surface area contributed by atoms with E-state index in [1.54, 1.807) is 0 Å². The lowest BCUT2D eigenvalue weighted by molar-refractivity contribution is -0.162. The Morgan fingerprint density at radius 1 is 1.11 bits per heavy atom. The highest BCUT2D eigenvalue weighted by Crippen LogP contribution is 2.32. The van der Waals surface area contributed by atoms with Crippen LogP contribution in [0.25, 0.3) is 0 Å². The van der Waals surface area contributed by atoms with Crippen LogP contribution in [0.3, 0.4) is 0 Å². The summed E-state index contributed by atoms with van der Waals surface area (Å²) in [6, 6.07) is 0. The van der Waals surface area contributed by atoms with E-state index in [4.69, 9.17) is 9.47 Å². The molecule has 0 saturated heterocycles. The first-order chi connectivity index (χ1) is 8.74. The highest BCUT2D eigenvalue weighted by atomic mass is 16.6. The van der Waals surface area contributed by atoms with Gasteiger partial charge in [0.25, 0.3) is 0 Å². The number of carbonyl (C=O) groups excluding carboxylic acids is 3. The predicted octanol–water partition coefficient (Wildman–Crippen LogP) is 2.12. The Bertz CT molecular complexity index is 335. The topological polar surface area (TPSA) is 69.7 Å². The van der Waals surface area contributed by atoms with Crippen LogP contribution in [0, 0.1) is 11.3 Å². The molecule has 0 spiro atoms. The zero-order valence-electron chi connectivity index (χ0n) is 12.4. The summed E-state index contributed by atoms with van der Waals surface area (Å²) >= 11 is 0. The molecular weight excluding hydrogens is 248 g/mol. The number of Topliss-reactive ketones (excluding diaryl/α,β-unsaturated/α-hetero) is 1. The van der Waals surface area contributed by atoms with Gasteiger partial charge in [0.1, 0.15) is 25.4 Å². The number of carbonyl (C=O) groups is 3. The van der Waals surface area contributed by atoms with Gasteiger partial charge < -0.3 is 9.47 Å². The van der Waals surface area contributed by atoms with Crippen molar-refractivity contribution in [1.29, 1.82) is 0 Å². The van der Waals surface area contributed by atoms with Crippen molar-refractivity contribution in [2.24, 2.45) is 11.3 Å². The van der Waals surface area contributed by atoms with Gasteiger partial charge in [0, 0.05) is 0 Å². The van der Waals surface area contributed by atoms with E-state index in [2.05, 4.69) is 0 Å². The molecule has 0 aliphatic heterocycles. The van der Waals surface area contributed by atoms with Crippen molar-refractivity contribution in [2.45, 2.75) is 47.5 Å². The molecule has 0 aromatic carbocycles. The molecule has 0 aliphatic carbocycles. The van der Waals surface area contributed by atoms with Crippen molar-refractivity contribution >= 4 is 17.7 Å². The third kappa shape index (κ3) is 5.85. The largest absolute Gasteiger partial charge is 0.462 e. The number of hydrogen-bond acceptors (Lipinski definition) is 5. The van der Waals surface area contributed by atoms with Gasteiger partial charge in [-0.2, -0.15) is 0 Å². The molecule has 0 rings (SSSR count). The van der Waals surface area contributed by atoms with Crippen LogP contribution in [0.4, 0.5) is 0 Å². The monoisotopic (exact) mass is 272 g/mol. The summed E-state index contributed by atoms with van der Waals surface area (Å²) in [7, 11) is 0. The van der Waals surface area contributed by atoms with Crippen molar-refractivity contribution < 1.29 is 23.9 Å². The summed E-state index contributed by atoms with van der Waals surface area (Å²) in [6.45, 7) is 9.06. The van der Waals surface area contributed by atoms with Crippen LogP contribution >= 0.6 is 0 Å². The highest BCUT2D eigenvalue weighted by Gasteiger charge is 2.36. The van der Waals surface area contributed by atoms with Crippen molar-refractivity contribution in [3.63, 3.8) is 0 Å². The molecule has 0 fully saturated rings. The molecule has 0 aliphatic rings. The standard InChI is InChI=1S/C14H24O5/c1-6-14(5,10(2)3)13(17)19-8-7-18-12(16)9-11(4)15/h10H,6-9H2,1-5H3. The molecule has 0 heterocycles. The molecule has 5 nitrogen and oxygen atoms in total. The van der Waals surface area contributed by atoms with Gasteiger partial charge in [-0.3, -0.25) is 14.4 Å². The van der Waals surface area contributed by atoms with Gasteiger partial charge in [0.15, 0.2) is 0 Å². The number of ether oxygens (including phenoxy) is 2. The van der Waals surface area contributed by atoms with Gasteiger partial charge in [0.2, 0.25) is 0 Å². The predicted molar refractivity (Wildman–Crippen MR) is 70.5 cm³/mol. The summed E-state index contributed by atoms with van der Waals surface area (Å²) in [4.78, 5) is 33.7. The van der Waals surface area contributed by atoms with Crippen molar-refractivity contribution in [2.75, 3.05) is 13.2 Å². The van der Waals surface area contributed by atoms with Gasteiger partial charge in [-0.15, -0.1) is 0 Å². The first-order valence-electron chi connectivity index (χ1n) is 6.56. The molecule has 1 unspecified atom stereocenters. The molecule has 5 heteroatoms. The zero-order valence-corrected chi connectivity index (χ0v) is 12.4. The third-order valence-electron chi connectivity index (χ3n) is 3.45. The Morgan fingerprint density at radius 2 is 1.63 bits per heavy atom. The molecule has 0 saturated carbocycles. The van der Waals surface area contributed by atoms with E-state index in [1.165, 1.54) is 6.92 Å². The molecule has 1 atom stereocenters. The maximum absolute atomic E-state index is 11.9. The molecule has 0 aromatic heterocycles. The van der Waals surface area contributed by atoms with E-state index in [1.807, 2.05) is 27.7 Å². The van der Waals surface area contributed by atoms with E-state index >= 15 is 0 Å². The summed E-state index contributed by atoms with van der Waals surface area (Å²) in [5.41, 5.74) is -0.524. The fourth-order valence-electron chi connectivity index (χ4n) is 1.50. The Balaban J connectivity index is 4.05. The molecule has 0 radical (unpaired) electrons. The smallest absolute Gasteiger partial charge is 0.313 e. The average molecular weight is 272 g/mol. The second-order valence-electron chi connectivity index (χ2n) is 5.16. The van der Waals surface area contributed by atoms with Crippen molar-refractivity contribution in [3.05, 3.63) is 0 Å². The number of rotatable bonds is 8. The molecule has 0 aromatic rings. The van der Waals surface area contributed by atoms with Gasteiger partial charge in [-0.05, 0) is 26.2 Å². The lowest BCUT2D eigenvalue weighted by atomic mass is 9.77. The van der Waals surface area contributed by atoms with Crippen LogP contribution in [-0.2, 0) is 23.9 Å². The Kier molecular flexibility index (Phi) is 7.34. The van der Waals surface area contributed by atoms with E-state index in [0.29, 0.717) is 6.42 Å². The van der Waals surface area contributed by atoms with E-state index in [0.717, 1.165) is 0 Å². The van der Waals surface area contributed by atoms with Crippen LogP contribution < -0.4 is 0 Å². The number of hydrogen-bond donors (Lipinski definition) is 0. The number of ketones is 1. The summed E-state index contributed by atoms with van der Waals surface area (Å²) in [6.07, 6.45) is 0.445. The molecule has 0 bridgehead atoms. The molecule has 19 heavy (non-hydrogen) atoms. The van der Waals surface area contributed by atoms with E-state index < -0.39 is 11.4 Å². The van der Waals surface area contributed by atoms with Crippen LogP contribution in [0.1, 0.15) is 47.5 Å². The minimum absolute atomic E-state index is 0.0181. The van der Waals surface area contributed by atoms with Crippen molar-refractivity contribution in [1.82, 2.24) is 0 Å². The van der Waals surface area contributed by atoms with E-state index in [9.17, 15) is 14.4 Å². The van der Waals surface area contributed by atoms with Gasteiger partial charge in [-0.1, -0.05) is 20.8 Å². The van der Waals surface area contributed by atoms with Crippen LogP contribution in [-0.4, -0.2) is 30.9 Å². The normalized spacial score (nSPS) is 13.8. The number of esters is 2. The fraction of sp³-hybridized carbons (Fsp3) is 0.786. The second-order valence-corrected chi connectivity index (χ2v) is 5.16. The van der Waals surface area contributed by atoms with E-state index in [-0.39, 0.29) is 37.3 Å². The minimum atomic E-state index is -0.592. The Morgan fingerprint density at radius 3 is 2.05 bits per heavy atom. The Hall–Kier alpha value is -1.39. The maximum Gasteiger partial charge on any atom is 0.313 e. The first kappa shape index (κ1) is 17.6. The molecule has 0 N–H and O–H groups in total. The zero-order chi connectivity index (χ0) is 15.1. The van der Waals surface area contributed by atoms with Crippen LogP contribution in [0.2, 0.25) is 0 Å². The van der Waals surface area contributed by atoms with Crippen molar-refractivity contribution in [3.8, 4) is 0 Å². The molecular formula is C14H24O5. The summed E-state index contributed by atoms with van der Waals surface area (Å²) in [5, 5.41) is 0. The van der Waals surface area contributed by atoms with Gasteiger partial charge in [0.05, 0.1) is 5.41 Å². The Labute approximate surface area is 114 Å². The van der Waals surface area contributed by atoms with Crippen LogP contribution in [0.15, 0.2) is 0 Å². The quantitative estimate of drug-likeness (QED) is 0.384. The lowest BCUT2D eigenvalue weighted by Gasteiger charge is -2.29. The van der Waals surface area contributed by atoms with Gasteiger partial charge >= 0.3 is 11.9 Å². The maximum atomic E-state index is 11.9. The molecule has 0 amide bonds.